The summed E-state index contributed by atoms with van der Waals surface area (Å²) in [5.74, 6) is 1.57. The van der Waals surface area contributed by atoms with E-state index < -0.39 is 0 Å². The molecule has 0 aromatic heterocycles. The van der Waals surface area contributed by atoms with Crippen molar-refractivity contribution in [2.24, 2.45) is 0 Å². The Bertz CT molecular complexity index is 409. The van der Waals surface area contributed by atoms with Crippen LogP contribution in [0.15, 0.2) is 18.2 Å². The van der Waals surface area contributed by atoms with Crippen LogP contribution in [0.3, 0.4) is 0 Å². The summed E-state index contributed by atoms with van der Waals surface area (Å²) in [6.07, 6.45) is 0.788. The minimum atomic E-state index is -0.00626. The van der Waals surface area contributed by atoms with Crippen molar-refractivity contribution in [3.63, 3.8) is 0 Å². The van der Waals surface area contributed by atoms with Crippen LogP contribution in [0.2, 0.25) is 0 Å². The fourth-order valence-electron chi connectivity index (χ4n) is 1.82. The molecule has 1 amide bonds. The Morgan fingerprint density at radius 3 is 2.82 bits per heavy atom. The smallest absolute Gasteiger partial charge is 0.231 e. The summed E-state index contributed by atoms with van der Waals surface area (Å²) in [4.78, 5) is 10.9. The predicted octanol–water partition coefficient (Wildman–Crippen LogP) is 1.90. The van der Waals surface area contributed by atoms with Gasteiger partial charge in [0.05, 0.1) is 0 Å². The number of nitrogens with one attached hydrogen (secondary N) is 1. The molecule has 1 aromatic carbocycles. The average molecular weight is 258 g/mol. The third-order valence-corrected chi connectivity index (χ3v) is 2.43. The van der Waals surface area contributed by atoms with Crippen molar-refractivity contribution >= 4 is 18.3 Å². The zero-order chi connectivity index (χ0) is 11.5. The van der Waals surface area contributed by atoms with E-state index in [0.717, 1.165) is 23.5 Å². The number of benzene rings is 1. The molecule has 1 aliphatic heterocycles. The topological polar surface area (TPSA) is 47.6 Å². The highest BCUT2D eigenvalue weighted by atomic mass is 35.5. The first kappa shape index (κ1) is 13.6. The number of halogens is 1. The van der Waals surface area contributed by atoms with Gasteiger partial charge in [-0.05, 0) is 31.0 Å². The summed E-state index contributed by atoms with van der Waals surface area (Å²) in [5.41, 5.74) is 1.13. The summed E-state index contributed by atoms with van der Waals surface area (Å²) in [7, 11) is 0. The van der Waals surface area contributed by atoms with Crippen LogP contribution in [0.25, 0.3) is 0 Å². The van der Waals surface area contributed by atoms with Gasteiger partial charge in [0.1, 0.15) is 0 Å². The van der Waals surface area contributed by atoms with E-state index in [2.05, 4.69) is 5.32 Å². The minimum absolute atomic E-state index is 0. The Balaban J connectivity index is 0.00000144. The van der Waals surface area contributed by atoms with E-state index in [0.29, 0.717) is 6.79 Å². The van der Waals surface area contributed by atoms with Crippen molar-refractivity contribution in [3.8, 4) is 11.5 Å². The lowest BCUT2D eigenvalue weighted by Crippen LogP contribution is -2.31. The molecule has 1 N–H and O–H groups in total. The van der Waals surface area contributed by atoms with Crippen molar-refractivity contribution in [2.45, 2.75) is 26.3 Å². The first-order valence-electron chi connectivity index (χ1n) is 5.31. The van der Waals surface area contributed by atoms with Gasteiger partial charge in [0.2, 0.25) is 12.7 Å². The monoisotopic (exact) mass is 257 g/mol. The zero-order valence-electron chi connectivity index (χ0n) is 9.86. The molecule has 17 heavy (non-hydrogen) atoms. The van der Waals surface area contributed by atoms with E-state index >= 15 is 0 Å². The van der Waals surface area contributed by atoms with Crippen LogP contribution >= 0.6 is 12.4 Å². The second-order valence-corrected chi connectivity index (χ2v) is 3.99. The molecule has 1 aromatic rings. The van der Waals surface area contributed by atoms with Crippen LogP contribution in [0.5, 0.6) is 11.5 Å². The fraction of sp³-hybridized carbons (Fsp3) is 0.417. The van der Waals surface area contributed by atoms with Crippen LogP contribution in [-0.2, 0) is 11.2 Å². The predicted molar refractivity (Wildman–Crippen MR) is 66.8 cm³/mol. The molecule has 0 fully saturated rings. The highest BCUT2D eigenvalue weighted by Crippen LogP contribution is 2.32. The minimum Gasteiger partial charge on any atom is -0.454 e. The highest BCUT2D eigenvalue weighted by molar-refractivity contribution is 5.85. The molecule has 1 unspecified atom stereocenters. The lowest BCUT2D eigenvalue weighted by atomic mass is 10.1. The Morgan fingerprint density at radius 2 is 2.12 bits per heavy atom. The van der Waals surface area contributed by atoms with Gasteiger partial charge in [0.25, 0.3) is 0 Å². The zero-order valence-corrected chi connectivity index (χ0v) is 10.7. The van der Waals surface area contributed by atoms with Crippen LogP contribution in [0.4, 0.5) is 0 Å². The Hall–Kier alpha value is -1.42. The number of fused-ring (bicyclic) bond motifs is 1. The maximum Gasteiger partial charge on any atom is 0.231 e. The van der Waals surface area contributed by atoms with Crippen molar-refractivity contribution in [2.75, 3.05) is 6.79 Å². The molecule has 0 radical (unpaired) electrons. The molecule has 1 heterocycles. The number of hydrogen-bond acceptors (Lipinski definition) is 3. The Morgan fingerprint density at radius 1 is 1.41 bits per heavy atom. The average Bonchev–Trinajstić information content (AvgIpc) is 2.63. The van der Waals surface area contributed by atoms with Crippen LogP contribution < -0.4 is 14.8 Å². The highest BCUT2D eigenvalue weighted by Gasteiger charge is 2.14. The van der Waals surface area contributed by atoms with E-state index in [9.17, 15) is 4.79 Å². The molecule has 2 rings (SSSR count). The summed E-state index contributed by atoms with van der Waals surface area (Å²) in [6, 6.07) is 5.97. The second kappa shape index (κ2) is 5.77. The Kier molecular flexibility index (Phi) is 4.63. The van der Waals surface area contributed by atoms with Crippen LogP contribution in [-0.4, -0.2) is 18.7 Å². The first-order valence-corrected chi connectivity index (χ1v) is 5.31. The van der Waals surface area contributed by atoms with Crippen molar-refractivity contribution < 1.29 is 14.3 Å². The molecule has 1 atom stereocenters. The van der Waals surface area contributed by atoms with Gasteiger partial charge in [-0.3, -0.25) is 4.79 Å². The molecule has 0 saturated heterocycles. The fourth-order valence-corrected chi connectivity index (χ4v) is 1.82. The summed E-state index contributed by atoms with van der Waals surface area (Å²) >= 11 is 0. The SMILES string of the molecule is CC(=O)NC(C)Cc1ccc2c(c1)OCO2.Cl. The number of amides is 1. The number of rotatable bonds is 3. The van der Waals surface area contributed by atoms with E-state index in [4.69, 9.17) is 9.47 Å². The normalized spacial score (nSPS) is 13.8. The van der Waals surface area contributed by atoms with Crippen molar-refractivity contribution in [1.29, 1.82) is 0 Å². The molecule has 0 bridgehead atoms. The van der Waals surface area contributed by atoms with Crippen molar-refractivity contribution in [3.05, 3.63) is 23.8 Å². The van der Waals surface area contributed by atoms with E-state index in [1.807, 2.05) is 25.1 Å². The van der Waals surface area contributed by atoms with Gasteiger partial charge in [0.15, 0.2) is 11.5 Å². The molecular weight excluding hydrogens is 242 g/mol. The molecule has 94 valence electrons. The molecule has 4 nitrogen and oxygen atoms in total. The maximum absolute atomic E-state index is 10.9. The number of carbonyl (C=O) groups is 1. The van der Waals surface area contributed by atoms with Gasteiger partial charge in [-0.2, -0.15) is 0 Å². The number of hydrogen-bond donors (Lipinski definition) is 1. The van der Waals surface area contributed by atoms with Crippen LogP contribution in [0.1, 0.15) is 19.4 Å². The quantitative estimate of drug-likeness (QED) is 0.900. The lowest BCUT2D eigenvalue weighted by Gasteiger charge is -2.12. The lowest BCUT2D eigenvalue weighted by molar-refractivity contribution is -0.119. The number of ether oxygens (including phenoxy) is 2. The van der Waals surface area contributed by atoms with Crippen molar-refractivity contribution in [1.82, 2.24) is 5.32 Å². The molecule has 1 aliphatic rings. The van der Waals surface area contributed by atoms with E-state index in [-0.39, 0.29) is 24.4 Å². The van der Waals surface area contributed by atoms with Gasteiger partial charge >= 0.3 is 0 Å². The van der Waals surface area contributed by atoms with Gasteiger partial charge in [-0.25, -0.2) is 0 Å². The van der Waals surface area contributed by atoms with E-state index in [1.54, 1.807) is 0 Å². The third-order valence-electron chi connectivity index (χ3n) is 2.43. The summed E-state index contributed by atoms with van der Waals surface area (Å²) in [5, 5.41) is 2.85. The van der Waals surface area contributed by atoms with Gasteiger partial charge in [-0.15, -0.1) is 12.4 Å². The third kappa shape index (κ3) is 3.53. The van der Waals surface area contributed by atoms with Gasteiger partial charge in [-0.1, -0.05) is 6.07 Å². The molecular formula is C12H16ClNO3. The molecule has 0 aliphatic carbocycles. The molecule has 0 spiro atoms. The number of carbonyl (C=O) groups excluding carboxylic acids is 1. The van der Waals surface area contributed by atoms with Crippen LogP contribution in [0, 0.1) is 0 Å². The molecule has 0 saturated carbocycles. The first-order chi connectivity index (χ1) is 7.65. The second-order valence-electron chi connectivity index (χ2n) is 3.99. The maximum atomic E-state index is 10.9. The van der Waals surface area contributed by atoms with Gasteiger partial charge < -0.3 is 14.8 Å². The molecule has 5 heteroatoms. The summed E-state index contributed by atoms with van der Waals surface area (Å²) < 4.78 is 10.5. The van der Waals surface area contributed by atoms with E-state index in [1.165, 1.54) is 6.92 Å². The standard InChI is InChI=1S/C12H15NO3.ClH/c1-8(13-9(2)14)5-10-3-4-11-12(6-10)16-7-15-11;/h3-4,6,8H,5,7H2,1-2H3,(H,13,14);1H. The van der Waals surface area contributed by atoms with Gasteiger partial charge in [0, 0.05) is 13.0 Å². The summed E-state index contributed by atoms with van der Waals surface area (Å²) in [6.45, 7) is 3.79. The Labute approximate surface area is 107 Å². The largest absolute Gasteiger partial charge is 0.454 e.